The van der Waals surface area contributed by atoms with Crippen molar-refractivity contribution in [1.82, 2.24) is 0 Å². The van der Waals surface area contributed by atoms with Crippen LogP contribution < -0.4 is 0 Å². The standard InChI is InChI=1S/C11H23/c1-10(2,3)8-7-9-11(4,5)6/h8H,7,9H2,1-6H3. The molecule has 0 aliphatic rings. The van der Waals surface area contributed by atoms with Crippen molar-refractivity contribution in [3.8, 4) is 0 Å². The first kappa shape index (κ1) is 11.0. The summed E-state index contributed by atoms with van der Waals surface area (Å²) >= 11 is 0. The fourth-order valence-corrected chi connectivity index (χ4v) is 0.938. The van der Waals surface area contributed by atoms with Crippen LogP contribution in [0, 0.1) is 17.3 Å². The summed E-state index contributed by atoms with van der Waals surface area (Å²) in [6.07, 6.45) is 4.95. The van der Waals surface area contributed by atoms with Crippen LogP contribution in [0.25, 0.3) is 0 Å². The van der Waals surface area contributed by atoms with Gasteiger partial charge < -0.3 is 0 Å². The molecule has 0 unspecified atom stereocenters. The van der Waals surface area contributed by atoms with Crippen molar-refractivity contribution < 1.29 is 0 Å². The van der Waals surface area contributed by atoms with Gasteiger partial charge in [-0.3, -0.25) is 0 Å². The maximum absolute atomic E-state index is 2.41. The van der Waals surface area contributed by atoms with Gasteiger partial charge in [0.2, 0.25) is 0 Å². The van der Waals surface area contributed by atoms with E-state index in [0.717, 1.165) is 0 Å². The molecule has 0 fully saturated rings. The highest BCUT2D eigenvalue weighted by molar-refractivity contribution is 4.81. The Labute approximate surface area is 72.4 Å². The predicted molar refractivity (Wildman–Crippen MR) is 52.4 cm³/mol. The molecule has 0 spiro atoms. The molecule has 0 amide bonds. The molecule has 0 atom stereocenters. The zero-order valence-corrected chi connectivity index (χ0v) is 8.99. The van der Waals surface area contributed by atoms with Crippen LogP contribution >= 0.6 is 0 Å². The zero-order chi connectivity index (χ0) is 9.12. The Morgan fingerprint density at radius 3 is 1.64 bits per heavy atom. The molecule has 1 radical (unpaired) electrons. The van der Waals surface area contributed by atoms with E-state index in [0.29, 0.717) is 10.8 Å². The van der Waals surface area contributed by atoms with Crippen LogP contribution in [0.5, 0.6) is 0 Å². The average molecular weight is 155 g/mol. The zero-order valence-electron chi connectivity index (χ0n) is 8.99. The smallest absolute Gasteiger partial charge is 0.0332 e. The largest absolute Gasteiger partial charge is 0.0602 e. The van der Waals surface area contributed by atoms with Gasteiger partial charge in [-0.15, -0.1) is 0 Å². The van der Waals surface area contributed by atoms with Crippen molar-refractivity contribution in [2.75, 3.05) is 0 Å². The van der Waals surface area contributed by atoms with E-state index in [1.807, 2.05) is 0 Å². The monoisotopic (exact) mass is 155 g/mol. The van der Waals surface area contributed by atoms with E-state index in [-0.39, 0.29) is 0 Å². The highest BCUT2D eigenvalue weighted by Crippen LogP contribution is 2.26. The van der Waals surface area contributed by atoms with E-state index >= 15 is 0 Å². The van der Waals surface area contributed by atoms with Crippen LogP contribution in [0.15, 0.2) is 0 Å². The third-order valence-corrected chi connectivity index (χ3v) is 1.65. The van der Waals surface area contributed by atoms with Gasteiger partial charge in [-0.25, -0.2) is 0 Å². The van der Waals surface area contributed by atoms with E-state index in [1.165, 1.54) is 12.8 Å². The van der Waals surface area contributed by atoms with Gasteiger partial charge in [0.05, 0.1) is 0 Å². The summed E-state index contributed by atoms with van der Waals surface area (Å²) in [7, 11) is 0. The fraction of sp³-hybridized carbons (Fsp3) is 0.909. The summed E-state index contributed by atoms with van der Waals surface area (Å²) in [4.78, 5) is 0. The lowest BCUT2D eigenvalue weighted by Gasteiger charge is -2.22. The van der Waals surface area contributed by atoms with Gasteiger partial charge in [-0.05, 0) is 30.1 Å². The molecule has 0 aromatic heterocycles. The van der Waals surface area contributed by atoms with Crippen molar-refractivity contribution in [3.05, 3.63) is 6.42 Å². The lowest BCUT2D eigenvalue weighted by atomic mass is 9.84. The SMILES string of the molecule is CC(C)(C)[CH]CCC(C)(C)C. The third-order valence-electron chi connectivity index (χ3n) is 1.65. The van der Waals surface area contributed by atoms with Crippen molar-refractivity contribution in [1.29, 1.82) is 0 Å². The van der Waals surface area contributed by atoms with Gasteiger partial charge in [0.15, 0.2) is 0 Å². The topological polar surface area (TPSA) is 0 Å². The molecule has 11 heavy (non-hydrogen) atoms. The average Bonchev–Trinajstić information content (AvgIpc) is 1.55. The Bertz CT molecular complexity index is 84.2. The molecule has 0 saturated carbocycles. The maximum atomic E-state index is 2.41. The molecule has 0 N–H and O–H groups in total. The summed E-state index contributed by atoms with van der Waals surface area (Å²) in [6, 6.07) is 0. The van der Waals surface area contributed by atoms with E-state index < -0.39 is 0 Å². The summed E-state index contributed by atoms with van der Waals surface area (Å²) in [5.74, 6) is 0. The molecular formula is C11H23. The van der Waals surface area contributed by atoms with Crippen LogP contribution in [0.2, 0.25) is 0 Å². The van der Waals surface area contributed by atoms with Crippen LogP contribution in [0.1, 0.15) is 54.4 Å². The Kier molecular flexibility index (Phi) is 3.60. The molecule has 0 aliphatic heterocycles. The minimum Gasteiger partial charge on any atom is -0.0602 e. The number of hydrogen-bond donors (Lipinski definition) is 0. The first-order valence-electron chi connectivity index (χ1n) is 4.55. The third kappa shape index (κ3) is 10.0. The van der Waals surface area contributed by atoms with E-state index in [1.54, 1.807) is 0 Å². The van der Waals surface area contributed by atoms with E-state index in [4.69, 9.17) is 0 Å². The highest BCUT2D eigenvalue weighted by atomic mass is 14.2. The molecule has 0 bridgehead atoms. The fourth-order valence-electron chi connectivity index (χ4n) is 0.938. The van der Waals surface area contributed by atoms with Gasteiger partial charge in [0, 0.05) is 0 Å². The maximum Gasteiger partial charge on any atom is -0.0332 e. The molecule has 0 rings (SSSR count). The second-order valence-electron chi connectivity index (χ2n) is 5.67. The molecule has 0 nitrogen and oxygen atoms in total. The lowest BCUT2D eigenvalue weighted by Crippen LogP contribution is -2.10. The van der Waals surface area contributed by atoms with Crippen molar-refractivity contribution in [2.45, 2.75) is 54.4 Å². The molecule has 0 heteroatoms. The second-order valence-corrected chi connectivity index (χ2v) is 5.67. The van der Waals surface area contributed by atoms with Crippen molar-refractivity contribution in [2.24, 2.45) is 10.8 Å². The lowest BCUT2D eigenvalue weighted by molar-refractivity contribution is 0.355. The molecule has 0 heterocycles. The van der Waals surface area contributed by atoms with Gasteiger partial charge in [-0.2, -0.15) is 0 Å². The van der Waals surface area contributed by atoms with Gasteiger partial charge >= 0.3 is 0 Å². The summed E-state index contributed by atoms with van der Waals surface area (Å²) in [5, 5.41) is 0. The second kappa shape index (κ2) is 3.60. The Morgan fingerprint density at radius 2 is 1.36 bits per heavy atom. The first-order chi connectivity index (χ1) is 4.71. The van der Waals surface area contributed by atoms with Gasteiger partial charge in [0.25, 0.3) is 0 Å². The number of hydrogen-bond acceptors (Lipinski definition) is 0. The molecule has 0 aromatic carbocycles. The van der Waals surface area contributed by atoms with E-state index in [9.17, 15) is 0 Å². The normalized spacial score (nSPS) is 13.6. The van der Waals surface area contributed by atoms with Gasteiger partial charge in [0.1, 0.15) is 0 Å². The Balaban J connectivity index is 3.44. The summed E-state index contributed by atoms with van der Waals surface area (Å²) < 4.78 is 0. The van der Waals surface area contributed by atoms with Crippen LogP contribution in [-0.2, 0) is 0 Å². The molecule has 0 aliphatic carbocycles. The van der Waals surface area contributed by atoms with Crippen LogP contribution in [0.4, 0.5) is 0 Å². The summed E-state index contributed by atoms with van der Waals surface area (Å²) in [5.41, 5.74) is 0.882. The Hall–Kier alpha value is 0. The number of rotatable bonds is 2. The molecule has 0 saturated heterocycles. The van der Waals surface area contributed by atoms with Crippen molar-refractivity contribution >= 4 is 0 Å². The first-order valence-corrected chi connectivity index (χ1v) is 4.55. The molecule has 67 valence electrons. The van der Waals surface area contributed by atoms with Crippen LogP contribution in [0.3, 0.4) is 0 Å². The quantitative estimate of drug-likeness (QED) is 0.564. The van der Waals surface area contributed by atoms with Gasteiger partial charge in [-0.1, -0.05) is 41.5 Å². The molecular weight excluding hydrogens is 132 g/mol. The summed E-state index contributed by atoms with van der Waals surface area (Å²) in [6.45, 7) is 13.7. The Morgan fingerprint density at radius 1 is 0.909 bits per heavy atom. The highest BCUT2D eigenvalue weighted by Gasteiger charge is 2.14. The predicted octanol–water partition coefficient (Wildman–Crippen LogP) is 4.06. The molecule has 0 aromatic rings. The minimum absolute atomic E-state index is 0.394. The van der Waals surface area contributed by atoms with Crippen molar-refractivity contribution in [3.63, 3.8) is 0 Å². The van der Waals surface area contributed by atoms with E-state index in [2.05, 4.69) is 48.0 Å². The minimum atomic E-state index is 0.394. The van der Waals surface area contributed by atoms with Crippen LogP contribution in [-0.4, -0.2) is 0 Å².